The van der Waals surface area contributed by atoms with Crippen LogP contribution >= 0.6 is 45.2 Å². The molecule has 0 spiro atoms. The highest BCUT2D eigenvalue weighted by molar-refractivity contribution is 14.1. The molecule has 0 N–H and O–H groups in total. The Bertz CT molecular complexity index is 376. The molecule has 1 aliphatic heterocycles. The van der Waals surface area contributed by atoms with Gasteiger partial charge < -0.3 is 4.90 Å². The molecule has 1 atom stereocenters. The van der Waals surface area contributed by atoms with Gasteiger partial charge in [-0.05, 0) is 40.3 Å². The predicted octanol–water partition coefficient (Wildman–Crippen LogP) is 3.82. The minimum atomic E-state index is 0.689. The van der Waals surface area contributed by atoms with E-state index in [0.29, 0.717) is 5.92 Å². The van der Waals surface area contributed by atoms with Gasteiger partial charge in [-0.1, -0.05) is 34.7 Å². The van der Waals surface area contributed by atoms with Gasteiger partial charge in [-0.2, -0.15) is 0 Å². The molecule has 0 bridgehead atoms. The number of alkyl halides is 1. The predicted molar refractivity (Wildman–Crippen MR) is 83.2 cm³/mol. The van der Waals surface area contributed by atoms with Crippen LogP contribution in [0, 0.1) is 3.57 Å². The van der Waals surface area contributed by atoms with Crippen molar-refractivity contribution in [1.82, 2.24) is 0 Å². The molecule has 1 aliphatic rings. The molecule has 0 fully saturated rings. The number of hydrogen-bond acceptors (Lipinski definition) is 1. The summed E-state index contributed by atoms with van der Waals surface area (Å²) in [5.74, 6) is 0.689. The zero-order valence-corrected chi connectivity index (χ0v) is 12.7. The van der Waals surface area contributed by atoms with Crippen LogP contribution in [0.3, 0.4) is 0 Å². The highest BCUT2D eigenvalue weighted by atomic mass is 127. The van der Waals surface area contributed by atoms with Gasteiger partial charge in [-0.3, -0.25) is 0 Å². The van der Waals surface area contributed by atoms with Gasteiger partial charge in [0.1, 0.15) is 0 Å². The van der Waals surface area contributed by atoms with Crippen LogP contribution < -0.4 is 4.90 Å². The van der Waals surface area contributed by atoms with Crippen molar-refractivity contribution in [1.29, 1.82) is 0 Å². The minimum absolute atomic E-state index is 0.689. The van der Waals surface area contributed by atoms with Crippen molar-refractivity contribution in [3.05, 3.63) is 40.0 Å². The quantitative estimate of drug-likeness (QED) is 0.405. The van der Waals surface area contributed by atoms with Crippen LogP contribution in [0.1, 0.15) is 11.5 Å². The lowest BCUT2D eigenvalue weighted by Gasteiger charge is -2.17. The third-order valence-electron chi connectivity index (χ3n) is 2.76. The average molecular weight is 425 g/mol. The number of nitrogens with zero attached hydrogens (tertiary/aromatic N) is 1. The summed E-state index contributed by atoms with van der Waals surface area (Å²) < 4.78 is 2.59. The zero-order chi connectivity index (χ0) is 10.8. The van der Waals surface area contributed by atoms with Crippen molar-refractivity contribution < 1.29 is 0 Å². The summed E-state index contributed by atoms with van der Waals surface area (Å²) in [6.07, 6.45) is 1.99. The number of fused-ring (bicyclic) bond motifs is 1. The third-order valence-corrected chi connectivity index (χ3v) is 4.76. The topological polar surface area (TPSA) is 3.24 Å². The molecular weight excluding hydrogens is 412 g/mol. The van der Waals surface area contributed by atoms with Crippen LogP contribution in [0.15, 0.2) is 30.9 Å². The van der Waals surface area contributed by atoms with Crippen molar-refractivity contribution in [2.45, 2.75) is 5.92 Å². The van der Waals surface area contributed by atoms with E-state index in [1.54, 1.807) is 0 Å². The molecule has 1 heterocycles. The number of anilines is 1. The van der Waals surface area contributed by atoms with E-state index in [1.807, 2.05) is 6.08 Å². The van der Waals surface area contributed by atoms with Crippen LogP contribution in [-0.2, 0) is 0 Å². The zero-order valence-electron chi connectivity index (χ0n) is 8.42. The van der Waals surface area contributed by atoms with Gasteiger partial charge in [0.15, 0.2) is 0 Å². The Kier molecular flexibility index (Phi) is 3.93. The van der Waals surface area contributed by atoms with E-state index >= 15 is 0 Å². The number of halogens is 2. The van der Waals surface area contributed by atoms with Crippen molar-refractivity contribution in [3.8, 4) is 0 Å². The second kappa shape index (κ2) is 5.03. The standard InChI is InChI=1S/C12H13I2N/c1-2-6-15-8-9(7-13)12-10(14)4-3-5-11(12)15/h2-5,9H,1,6-8H2. The molecule has 0 saturated carbocycles. The molecule has 0 aliphatic carbocycles. The summed E-state index contributed by atoms with van der Waals surface area (Å²) in [4.78, 5) is 2.42. The SMILES string of the molecule is C=CCN1CC(CI)c2c(I)cccc21. The van der Waals surface area contributed by atoms with E-state index in [-0.39, 0.29) is 0 Å². The average Bonchev–Trinajstić information content (AvgIpc) is 2.59. The van der Waals surface area contributed by atoms with Gasteiger partial charge in [-0.25, -0.2) is 0 Å². The normalized spacial score (nSPS) is 19.1. The van der Waals surface area contributed by atoms with Crippen molar-refractivity contribution in [3.63, 3.8) is 0 Å². The minimum Gasteiger partial charge on any atom is -0.367 e. The first-order valence-corrected chi connectivity index (χ1v) is 7.58. The first-order valence-electron chi connectivity index (χ1n) is 4.98. The van der Waals surface area contributed by atoms with Crippen molar-refractivity contribution in [2.75, 3.05) is 22.4 Å². The van der Waals surface area contributed by atoms with Crippen LogP contribution in [0.25, 0.3) is 0 Å². The fraction of sp³-hybridized carbons (Fsp3) is 0.333. The lowest BCUT2D eigenvalue weighted by atomic mass is 10.0. The van der Waals surface area contributed by atoms with E-state index in [1.165, 1.54) is 19.2 Å². The lowest BCUT2D eigenvalue weighted by molar-refractivity contribution is 0.792. The molecule has 3 heteroatoms. The number of rotatable bonds is 3. The van der Waals surface area contributed by atoms with Crippen LogP contribution in [0.2, 0.25) is 0 Å². The lowest BCUT2D eigenvalue weighted by Crippen LogP contribution is -2.21. The Morgan fingerprint density at radius 3 is 3.00 bits per heavy atom. The molecule has 1 unspecified atom stereocenters. The molecule has 0 saturated heterocycles. The number of benzene rings is 1. The molecule has 0 radical (unpaired) electrons. The maximum atomic E-state index is 3.82. The smallest absolute Gasteiger partial charge is 0.0416 e. The van der Waals surface area contributed by atoms with Gasteiger partial charge in [0.2, 0.25) is 0 Å². The largest absolute Gasteiger partial charge is 0.367 e. The third kappa shape index (κ3) is 2.18. The molecule has 1 aromatic carbocycles. The van der Waals surface area contributed by atoms with E-state index in [0.717, 1.165) is 13.1 Å². The summed E-state index contributed by atoms with van der Waals surface area (Å²) >= 11 is 4.93. The van der Waals surface area contributed by atoms with Crippen LogP contribution in [0.5, 0.6) is 0 Å². The second-order valence-electron chi connectivity index (χ2n) is 3.72. The molecule has 0 aromatic heterocycles. The van der Waals surface area contributed by atoms with E-state index < -0.39 is 0 Å². The Balaban J connectivity index is 2.42. The summed E-state index contributed by atoms with van der Waals surface area (Å²) in [6, 6.07) is 6.58. The highest BCUT2D eigenvalue weighted by Gasteiger charge is 2.28. The monoisotopic (exact) mass is 425 g/mol. The summed E-state index contributed by atoms with van der Waals surface area (Å²) in [5.41, 5.74) is 2.94. The van der Waals surface area contributed by atoms with Gasteiger partial charge in [0, 0.05) is 32.7 Å². The highest BCUT2D eigenvalue weighted by Crippen LogP contribution is 2.39. The fourth-order valence-corrected chi connectivity index (χ4v) is 3.76. The molecule has 1 nitrogen and oxygen atoms in total. The van der Waals surface area contributed by atoms with E-state index in [4.69, 9.17) is 0 Å². The second-order valence-corrected chi connectivity index (χ2v) is 5.76. The fourth-order valence-electron chi connectivity index (χ4n) is 2.12. The summed E-state index contributed by atoms with van der Waals surface area (Å²) in [5, 5.41) is 0. The molecule has 15 heavy (non-hydrogen) atoms. The van der Waals surface area contributed by atoms with Crippen molar-refractivity contribution in [2.24, 2.45) is 0 Å². The Morgan fingerprint density at radius 1 is 1.53 bits per heavy atom. The first-order chi connectivity index (χ1) is 7.27. The van der Waals surface area contributed by atoms with Crippen molar-refractivity contribution >= 4 is 50.9 Å². The van der Waals surface area contributed by atoms with Gasteiger partial charge >= 0.3 is 0 Å². The molecular formula is C12H13I2N. The molecule has 1 aromatic rings. The van der Waals surface area contributed by atoms with E-state index in [9.17, 15) is 0 Å². The Morgan fingerprint density at radius 2 is 2.33 bits per heavy atom. The number of hydrogen-bond donors (Lipinski definition) is 0. The first kappa shape index (κ1) is 11.7. The summed E-state index contributed by atoms with van der Waals surface area (Å²) in [7, 11) is 0. The van der Waals surface area contributed by atoms with Gasteiger partial charge in [0.05, 0.1) is 0 Å². The molecule has 0 amide bonds. The molecule has 2 rings (SSSR count). The molecule has 80 valence electrons. The van der Waals surface area contributed by atoms with Crippen LogP contribution in [0.4, 0.5) is 5.69 Å². The summed E-state index contributed by atoms with van der Waals surface area (Å²) in [6.45, 7) is 5.93. The Labute approximate surface area is 118 Å². The van der Waals surface area contributed by atoms with Gasteiger partial charge in [-0.15, -0.1) is 6.58 Å². The van der Waals surface area contributed by atoms with Crippen LogP contribution in [-0.4, -0.2) is 17.5 Å². The van der Waals surface area contributed by atoms with Gasteiger partial charge in [0.25, 0.3) is 0 Å². The van der Waals surface area contributed by atoms with E-state index in [2.05, 4.69) is 74.9 Å². The Hall–Kier alpha value is 0.220. The maximum absolute atomic E-state index is 3.82. The maximum Gasteiger partial charge on any atom is 0.0416 e.